The van der Waals surface area contributed by atoms with Gasteiger partial charge in [-0.05, 0) is 12.1 Å². The summed E-state index contributed by atoms with van der Waals surface area (Å²) < 4.78 is 13.2. The van der Waals surface area contributed by atoms with Crippen LogP contribution in [-0.4, -0.2) is 9.91 Å². The lowest BCUT2D eigenvalue weighted by molar-refractivity contribution is -0.387. The van der Waals surface area contributed by atoms with Gasteiger partial charge < -0.3 is 0 Å². The SMILES string of the molecule is O=[N+]([O-])c1cc2ccc(Cl)nc2cc1F. The van der Waals surface area contributed by atoms with Crippen molar-refractivity contribution in [1.29, 1.82) is 0 Å². The molecule has 0 atom stereocenters. The molecule has 0 aliphatic heterocycles. The highest BCUT2D eigenvalue weighted by atomic mass is 35.5. The molecule has 1 aromatic heterocycles. The molecule has 6 heteroatoms. The molecule has 4 nitrogen and oxygen atoms in total. The van der Waals surface area contributed by atoms with Crippen LogP contribution >= 0.6 is 11.6 Å². The molecule has 0 bridgehead atoms. The van der Waals surface area contributed by atoms with Gasteiger partial charge in [0.25, 0.3) is 0 Å². The number of pyridine rings is 1. The molecule has 15 heavy (non-hydrogen) atoms. The lowest BCUT2D eigenvalue weighted by Crippen LogP contribution is -1.93. The smallest absolute Gasteiger partial charge is 0.258 e. The van der Waals surface area contributed by atoms with Crippen molar-refractivity contribution in [3.8, 4) is 0 Å². The lowest BCUT2D eigenvalue weighted by Gasteiger charge is -1.98. The summed E-state index contributed by atoms with van der Waals surface area (Å²) in [5.41, 5.74) is -0.266. The van der Waals surface area contributed by atoms with Gasteiger partial charge in [-0.3, -0.25) is 10.1 Å². The van der Waals surface area contributed by atoms with Gasteiger partial charge in [0.15, 0.2) is 0 Å². The number of hydrogen-bond acceptors (Lipinski definition) is 3. The molecule has 1 aromatic carbocycles. The summed E-state index contributed by atoms with van der Waals surface area (Å²) in [5.74, 6) is -0.915. The molecule has 0 radical (unpaired) electrons. The molecule has 0 aliphatic carbocycles. The van der Waals surface area contributed by atoms with Crippen LogP contribution in [0.5, 0.6) is 0 Å². The van der Waals surface area contributed by atoms with Crippen LogP contribution in [-0.2, 0) is 0 Å². The minimum atomic E-state index is -0.915. The number of fused-ring (bicyclic) bond motifs is 1. The number of aromatic nitrogens is 1. The molecule has 0 N–H and O–H groups in total. The van der Waals surface area contributed by atoms with Gasteiger partial charge in [0, 0.05) is 17.5 Å². The summed E-state index contributed by atoms with van der Waals surface area (Å²) in [6.45, 7) is 0. The number of nitro benzene ring substituents is 1. The molecule has 2 aromatic rings. The van der Waals surface area contributed by atoms with E-state index in [0.717, 1.165) is 12.1 Å². The second-order valence-corrected chi connectivity index (χ2v) is 3.27. The average molecular weight is 227 g/mol. The van der Waals surface area contributed by atoms with E-state index < -0.39 is 16.4 Å². The number of nitro groups is 1. The summed E-state index contributed by atoms with van der Waals surface area (Å²) in [6.07, 6.45) is 0. The van der Waals surface area contributed by atoms with Crippen LogP contribution in [0, 0.1) is 15.9 Å². The summed E-state index contributed by atoms with van der Waals surface area (Å²) >= 11 is 5.61. The van der Waals surface area contributed by atoms with Gasteiger partial charge in [-0.15, -0.1) is 0 Å². The minimum absolute atomic E-state index is 0.218. The van der Waals surface area contributed by atoms with Crippen LogP contribution in [0.2, 0.25) is 5.15 Å². The molecular formula is C9H4ClFN2O2. The Kier molecular flexibility index (Phi) is 2.24. The van der Waals surface area contributed by atoms with Crippen molar-refractivity contribution in [2.24, 2.45) is 0 Å². The van der Waals surface area contributed by atoms with E-state index in [1.54, 1.807) is 6.07 Å². The number of halogens is 2. The Morgan fingerprint density at radius 2 is 2.13 bits per heavy atom. The Hall–Kier alpha value is -1.75. The Bertz CT molecular complexity index is 559. The molecule has 0 aliphatic rings. The second kappa shape index (κ2) is 3.43. The summed E-state index contributed by atoms with van der Waals surface area (Å²) in [6, 6.07) is 5.18. The van der Waals surface area contributed by atoms with E-state index in [-0.39, 0.29) is 5.15 Å². The molecule has 0 fully saturated rings. The van der Waals surface area contributed by atoms with Gasteiger partial charge >= 0.3 is 5.69 Å². The fourth-order valence-electron chi connectivity index (χ4n) is 1.25. The van der Waals surface area contributed by atoms with E-state index >= 15 is 0 Å². The fraction of sp³-hybridized carbons (Fsp3) is 0. The minimum Gasteiger partial charge on any atom is -0.258 e. The van der Waals surface area contributed by atoms with Gasteiger partial charge in [-0.25, -0.2) is 4.98 Å². The summed E-state index contributed by atoms with van der Waals surface area (Å²) in [4.78, 5) is 13.5. The third-order valence-corrected chi connectivity index (χ3v) is 2.13. The van der Waals surface area contributed by atoms with Gasteiger partial charge in [0.05, 0.1) is 10.4 Å². The van der Waals surface area contributed by atoms with Crippen LogP contribution in [0.4, 0.5) is 10.1 Å². The zero-order valence-corrected chi connectivity index (χ0v) is 8.03. The van der Waals surface area contributed by atoms with E-state index in [2.05, 4.69) is 4.98 Å². The van der Waals surface area contributed by atoms with Crippen molar-refractivity contribution in [3.05, 3.63) is 45.4 Å². The number of rotatable bonds is 1. The van der Waals surface area contributed by atoms with Crippen molar-refractivity contribution in [3.63, 3.8) is 0 Å². The van der Waals surface area contributed by atoms with Crippen molar-refractivity contribution >= 4 is 28.2 Å². The third-order valence-electron chi connectivity index (χ3n) is 1.92. The number of benzene rings is 1. The number of nitrogens with zero attached hydrogens (tertiary/aromatic N) is 2. The zero-order chi connectivity index (χ0) is 11.0. The molecule has 0 saturated carbocycles. The zero-order valence-electron chi connectivity index (χ0n) is 7.28. The van der Waals surface area contributed by atoms with Crippen molar-refractivity contribution < 1.29 is 9.31 Å². The maximum absolute atomic E-state index is 13.2. The Labute approximate surface area is 88.5 Å². The molecule has 0 spiro atoms. The van der Waals surface area contributed by atoms with Crippen LogP contribution < -0.4 is 0 Å². The average Bonchev–Trinajstić information content (AvgIpc) is 2.15. The summed E-state index contributed by atoms with van der Waals surface area (Å²) in [5, 5.41) is 11.1. The normalized spacial score (nSPS) is 10.5. The topological polar surface area (TPSA) is 56.0 Å². The second-order valence-electron chi connectivity index (χ2n) is 2.89. The van der Waals surface area contributed by atoms with Crippen LogP contribution in [0.3, 0.4) is 0 Å². The monoisotopic (exact) mass is 226 g/mol. The maximum atomic E-state index is 13.2. The van der Waals surface area contributed by atoms with E-state index in [1.165, 1.54) is 6.07 Å². The molecule has 0 unspecified atom stereocenters. The van der Waals surface area contributed by atoms with Crippen LogP contribution in [0.1, 0.15) is 0 Å². The van der Waals surface area contributed by atoms with Gasteiger partial charge in [0.2, 0.25) is 5.82 Å². The van der Waals surface area contributed by atoms with E-state index in [1.807, 2.05) is 0 Å². The molecule has 76 valence electrons. The largest absolute Gasteiger partial charge is 0.305 e. The van der Waals surface area contributed by atoms with E-state index in [0.29, 0.717) is 10.9 Å². The van der Waals surface area contributed by atoms with E-state index in [9.17, 15) is 14.5 Å². The molecule has 2 rings (SSSR count). The number of hydrogen-bond donors (Lipinski definition) is 0. The van der Waals surface area contributed by atoms with Crippen LogP contribution in [0.15, 0.2) is 24.3 Å². The van der Waals surface area contributed by atoms with E-state index in [4.69, 9.17) is 11.6 Å². The fourth-order valence-corrected chi connectivity index (χ4v) is 1.40. The van der Waals surface area contributed by atoms with Crippen molar-refractivity contribution in [1.82, 2.24) is 4.98 Å². The standard InChI is InChI=1S/C9H4ClFN2O2/c10-9-2-1-5-3-8(13(14)15)6(11)4-7(5)12-9/h1-4H. The Morgan fingerprint density at radius 3 is 2.80 bits per heavy atom. The first-order chi connectivity index (χ1) is 7.08. The molecule has 1 heterocycles. The van der Waals surface area contributed by atoms with Gasteiger partial charge in [-0.1, -0.05) is 11.6 Å². The predicted octanol–water partition coefficient (Wildman–Crippen LogP) is 2.94. The quantitative estimate of drug-likeness (QED) is 0.427. The molecule has 0 amide bonds. The third kappa shape index (κ3) is 1.73. The van der Waals surface area contributed by atoms with Crippen molar-refractivity contribution in [2.45, 2.75) is 0 Å². The Balaban J connectivity index is 2.76. The van der Waals surface area contributed by atoms with Crippen LogP contribution in [0.25, 0.3) is 10.9 Å². The highest BCUT2D eigenvalue weighted by molar-refractivity contribution is 6.29. The molecule has 0 saturated heterocycles. The first-order valence-electron chi connectivity index (χ1n) is 3.98. The summed E-state index contributed by atoms with van der Waals surface area (Å²) in [7, 11) is 0. The Morgan fingerprint density at radius 1 is 1.40 bits per heavy atom. The van der Waals surface area contributed by atoms with Gasteiger partial charge in [0.1, 0.15) is 5.15 Å². The first-order valence-corrected chi connectivity index (χ1v) is 4.36. The van der Waals surface area contributed by atoms with Gasteiger partial charge in [-0.2, -0.15) is 4.39 Å². The predicted molar refractivity (Wildman–Crippen MR) is 53.4 cm³/mol. The highest BCUT2D eigenvalue weighted by Crippen LogP contribution is 2.24. The maximum Gasteiger partial charge on any atom is 0.305 e. The molecular weight excluding hydrogens is 223 g/mol. The van der Waals surface area contributed by atoms with Crippen molar-refractivity contribution in [2.75, 3.05) is 0 Å². The lowest BCUT2D eigenvalue weighted by atomic mass is 10.2. The highest BCUT2D eigenvalue weighted by Gasteiger charge is 2.15. The first kappa shape index (κ1) is 9.79.